The molecular weight excluding hydrogens is 381 g/mol. The number of rotatable bonds is 5. The lowest BCUT2D eigenvalue weighted by atomic mass is 10.1. The van der Waals surface area contributed by atoms with Crippen LogP contribution in [0.3, 0.4) is 0 Å². The number of hydrogen-bond acceptors (Lipinski definition) is 5. The molecule has 0 radical (unpaired) electrons. The van der Waals surface area contributed by atoms with Gasteiger partial charge in [-0.2, -0.15) is 0 Å². The second-order valence-corrected chi connectivity index (χ2v) is 7.05. The van der Waals surface area contributed by atoms with Crippen LogP contribution in [0.25, 0.3) is 0 Å². The molecular formula is C17H13Cl2N3O2S. The molecule has 1 aromatic carbocycles. The van der Waals surface area contributed by atoms with Crippen molar-refractivity contribution in [3.05, 3.63) is 68.8 Å². The van der Waals surface area contributed by atoms with Gasteiger partial charge < -0.3 is 4.74 Å². The van der Waals surface area contributed by atoms with Gasteiger partial charge in [0.05, 0.1) is 12.7 Å². The molecule has 0 spiro atoms. The summed E-state index contributed by atoms with van der Waals surface area (Å²) in [6.07, 6.45) is 3.79. The van der Waals surface area contributed by atoms with Gasteiger partial charge in [-0.25, -0.2) is 9.97 Å². The number of amides is 1. The fourth-order valence-corrected chi connectivity index (χ4v) is 3.41. The van der Waals surface area contributed by atoms with E-state index in [-0.39, 0.29) is 5.91 Å². The summed E-state index contributed by atoms with van der Waals surface area (Å²) < 4.78 is 4.97. The first-order valence-corrected chi connectivity index (χ1v) is 8.82. The molecule has 0 aliphatic rings. The van der Waals surface area contributed by atoms with Crippen LogP contribution in [0.2, 0.25) is 10.0 Å². The molecule has 25 heavy (non-hydrogen) atoms. The summed E-state index contributed by atoms with van der Waals surface area (Å²) in [5.41, 5.74) is 1.38. The number of carbonyl (C=O) groups excluding carboxylic acids is 1. The highest BCUT2D eigenvalue weighted by molar-refractivity contribution is 7.15. The minimum absolute atomic E-state index is 0.277. The molecule has 0 unspecified atom stereocenters. The summed E-state index contributed by atoms with van der Waals surface area (Å²) in [5, 5.41) is 4.48. The molecule has 1 amide bonds. The Balaban J connectivity index is 1.67. The second-order valence-electron chi connectivity index (χ2n) is 5.09. The number of hydrogen-bond donors (Lipinski definition) is 1. The van der Waals surface area contributed by atoms with E-state index in [0.717, 1.165) is 10.4 Å². The van der Waals surface area contributed by atoms with Crippen LogP contribution in [0, 0.1) is 0 Å². The van der Waals surface area contributed by atoms with Gasteiger partial charge in [-0.3, -0.25) is 10.1 Å². The van der Waals surface area contributed by atoms with Gasteiger partial charge in [-0.15, -0.1) is 11.3 Å². The van der Waals surface area contributed by atoms with Crippen LogP contribution in [0.1, 0.15) is 20.8 Å². The van der Waals surface area contributed by atoms with E-state index in [4.69, 9.17) is 27.9 Å². The molecule has 0 aliphatic carbocycles. The van der Waals surface area contributed by atoms with Crippen molar-refractivity contribution in [3.8, 4) is 5.88 Å². The van der Waals surface area contributed by atoms with Crippen molar-refractivity contribution in [2.45, 2.75) is 6.42 Å². The van der Waals surface area contributed by atoms with E-state index in [9.17, 15) is 4.79 Å². The van der Waals surface area contributed by atoms with Crippen molar-refractivity contribution in [3.63, 3.8) is 0 Å². The number of aromatic nitrogens is 2. The lowest BCUT2D eigenvalue weighted by Gasteiger charge is -2.03. The standard InChI is InChI=1S/C17H13Cl2N3O2S/c1-24-15-5-3-11(8-20-15)16(23)22-17-21-9-13(25-17)6-10-2-4-12(18)7-14(10)19/h2-5,7-9H,6H2,1H3,(H,21,22,23). The number of halogens is 2. The van der Waals surface area contributed by atoms with Crippen molar-refractivity contribution < 1.29 is 9.53 Å². The first-order chi connectivity index (χ1) is 12.0. The molecule has 0 fully saturated rings. The third-order valence-electron chi connectivity index (χ3n) is 3.36. The van der Waals surface area contributed by atoms with Gasteiger partial charge in [0.15, 0.2) is 5.13 Å². The zero-order valence-corrected chi connectivity index (χ0v) is 15.5. The van der Waals surface area contributed by atoms with Crippen molar-refractivity contribution in [2.24, 2.45) is 0 Å². The zero-order chi connectivity index (χ0) is 17.8. The SMILES string of the molecule is COc1ccc(C(=O)Nc2ncc(Cc3ccc(Cl)cc3Cl)s2)cn1. The number of nitrogens with zero attached hydrogens (tertiary/aromatic N) is 2. The number of nitrogens with one attached hydrogen (secondary N) is 1. The smallest absolute Gasteiger partial charge is 0.259 e. The van der Waals surface area contributed by atoms with Gasteiger partial charge in [-0.1, -0.05) is 29.3 Å². The maximum atomic E-state index is 12.2. The van der Waals surface area contributed by atoms with Crippen molar-refractivity contribution in [1.82, 2.24) is 9.97 Å². The molecule has 0 atom stereocenters. The number of anilines is 1. The number of methoxy groups -OCH3 is 1. The van der Waals surface area contributed by atoms with Crippen LogP contribution in [-0.2, 0) is 6.42 Å². The van der Waals surface area contributed by atoms with E-state index in [1.807, 2.05) is 6.07 Å². The van der Waals surface area contributed by atoms with Gasteiger partial charge in [0.1, 0.15) is 0 Å². The van der Waals surface area contributed by atoms with Crippen molar-refractivity contribution in [1.29, 1.82) is 0 Å². The van der Waals surface area contributed by atoms with Gasteiger partial charge >= 0.3 is 0 Å². The summed E-state index contributed by atoms with van der Waals surface area (Å²) in [6, 6.07) is 8.65. The number of carbonyl (C=O) groups is 1. The monoisotopic (exact) mass is 393 g/mol. The highest BCUT2D eigenvalue weighted by Gasteiger charge is 2.11. The Labute approximate surface area is 158 Å². The molecule has 3 aromatic rings. The molecule has 2 aromatic heterocycles. The average Bonchev–Trinajstić information content (AvgIpc) is 3.04. The zero-order valence-electron chi connectivity index (χ0n) is 13.1. The average molecular weight is 394 g/mol. The highest BCUT2D eigenvalue weighted by Crippen LogP contribution is 2.27. The summed E-state index contributed by atoms with van der Waals surface area (Å²) in [7, 11) is 1.52. The topological polar surface area (TPSA) is 64.1 Å². The molecule has 0 saturated heterocycles. The van der Waals surface area contributed by atoms with E-state index < -0.39 is 0 Å². The number of ether oxygens (including phenoxy) is 1. The first-order valence-electron chi connectivity index (χ1n) is 7.25. The number of benzene rings is 1. The van der Waals surface area contributed by atoms with Crippen LogP contribution in [0.5, 0.6) is 5.88 Å². The third-order valence-corrected chi connectivity index (χ3v) is 4.86. The normalized spacial score (nSPS) is 10.5. The van der Waals surface area contributed by atoms with E-state index in [0.29, 0.717) is 33.0 Å². The fourth-order valence-electron chi connectivity index (χ4n) is 2.10. The van der Waals surface area contributed by atoms with Gasteiger partial charge in [0.2, 0.25) is 5.88 Å². The molecule has 0 bridgehead atoms. The number of thiazole rings is 1. The van der Waals surface area contributed by atoms with Crippen LogP contribution >= 0.6 is 34.5 Å². The Kier molecular flexibility index (Phi) is 5.53. The van der Waals surface area contributed by atoms with E-state index in [2.05, 4.69) is 15.3 Å². The predicted octanol–water partition coefficient (Wildman–Crippen LogP) is 4.70. The van der Waals surface area contributed by atoms with Crippen LogP contribution in [-0.4, -0.2) is 23.0 Å². The molecule has 5 nitrogen and oxygen atoms in total. The quantitative estimate of drug-likeness (QED) is 0.682. The Bertz CT molecular complexity index is 897. The van der Waals surface area contributed by atoms with E-state index >= 15 is 0 Å². The lowest BCUT2D eigenvalue weighted by Crippen LogP contribution is -2.11. The maximum absolute atomic E-state index is 12.2. The fraction of sp³-hybridized carbons (Fsp3) is 0.118. The van der Waals surface area contributed by atoms with E-state index in [1.54, 1.807) is 30.5 Å². The van der Waals surface area contributed by atoms with Gasteiger partial charge in [-0.05, 0) is 23.8 Å². The summed E-state index contributed by atoms with van der Waals surface area (Å²) in [5.74, 6) is 0.175. The maximum Gasteiger partial charge on any atom is 0.259 e. The van der Waals surface area contributed by atoms with Gasteiger partial charge in [0.25, 0.3) is 5.91 Å². The van der Waals surface area contributed by atoms with Gasteiger partial charge in [0, 0.05) is 39.8 Å². The van der Waals surface area contributed by atoms with Crippen molar-refractivity contribution >= 4 is 45.6 Å². The third kappa shape index (κ3) is 4.48. The molecule has 3 rings (SSSR count). The largest absolute Gasteiger partial charge is 0.481 e. The Hall–Kier alpha value is -2.15. The summed E-state index contributed by atoms with van der Waals surface area (Å²) >= 11 is 13.5. The minimum atomic E-state index is -0.277. The molecule has 0 saturated carbocycles. The van der Waals surface area contributed by atoms with Crippen LogP contribution in [0.4, 0.5) is 5.13 Å². The molecule has 1 N–H and O–H groups in total. The number of pyridine rings is 1. The van der Waals surface area contributed by atoms with E-state index in [1.165, 1.54) is 24.6 Å². The summed E-state index contributed by atoms with van der Waals surface area (Å²) in [6.45, 7) is 0. The Morgan fingerprint density at radius 1 is 1.20 bits per heavy atom. The molecule has 2 heterocycles. The predicted molar refractivity (Wildman–Crippen MR) is 100 cm³/mol. The van der Waals surface area contributed by atoms with Crippen LogP contribution in [0.15, 0.2) is 42.7 Å². The molecule has 8 heteroatoms. The molecule has 0 aliphatic heterocycles. The van der Waals surface area contributed by atoms with Crippen LogP contribution < -0.4 is 10.1 Å². The van der Waals surface area contributed by atoms with Crippen molar-refractivity contribution in [2.75, 3.05) is 12.4 Å². The Morgan fingerprint density at radius 3 is 2.72 bits per heavy atom. The highest BCUT2D eigenvalue weighted by atomic mass is 35.5. The Morgan fingerprint density at radius 2 is 2.04 bits per heavy atom. The lowest BCUT2D eigenvalue weighted by molar-refractivity contribution is 0.102. The molecule has 128 valence electrons. The first kappa shape index (κ1) is 17.7. The minimum Gasteiger partial charge on any atom is -0.481 e. The second kappa shape index (κ2) is 7.82. The summed E-state index contributed by atoms with van der Waals surface area (Å²) in [4.78, 5) is 21.4.